The molecule has 0 aliphatic heterocycles. The SMILES string of the molecule is COC(=O)CCC(=O)c1ccc(C=CCCNC(=O)OCC2c3ccccc3-c3ccccc32)cc1. The van der Waals surface area contributed by atoms with Crippen LogP contribution in [-0.4, -0.2) is 38.1 Å². The minimum absolute atomic E-state index is 0.0402. The Hall–Kier alpha value is -4.19. The van der Waals surface area contributed by atoms with Gasteiger partial charge >= 0.3 is 12.1 Å². The van der Waals surface area contributed by atoms with Crippen LogP contribution in [0.3, 0.4) is 0 Å². The van der Waals surface area contributed by atoms with E-state index in [0.717, 1.165) is 5.56 Å². The van der Waals surface area contributed by atoms with Crippen molar-refractivity contribution in [2.45, 2.75) is 25.2 Å². The molecule has 1 aliphatic rings. The van der Waals surface area contributed by atoms with Crippen LogP contribution in [0, 0.1) is 0 Å². The highest BCUT2D eigenvalue weighted by Gasteiger charge is 2.28. The number of benzene rings is 3. The standard InChI is InChI=1S/C30H29NO5/c1-35-29(33)18-17-28(32)22-15-13-21(14-16-22)8-6-7-19-31-30(34)36-20-27-25-11-4-2-9-23(25)24-10-3-5-12-26(24)27/h2-6,8-16,27H,7,17-20H2,1H3,(H,31,34). The van der Waals surface area contributed by atoms with Gasteiger partial charge in [0.2, 0.25) is 0 Å². The highest BCUT2D eigenvalue weighted by molar-refractivity contribution is 5.97. The van der Waals surface area contributed by atoms with Crippen molar-refractivity contribution in [3.8, 4) is 11.1 Å². The largest absolute Gasteiger partial charge is 0.469 e. The molecule has 3 aromatic carbocycles. The van der Waals surface area contributed by atoms with Crippen LogP contribution in [0.15, 0.2) is 78.9 Å². The van der Waals surface area contributed by atoms with Gasteiger partial charge < -0.3 is 14.8 Å². The molecule has 184 valence electrons. The quantitative estimate of drug-likeness (QED) is 0.225. The number of rotatable bonds is 10. The fourth-order valence-corrected chi connectivity index (χ4v) is 4.37. The zero-order valence-corrected chi connectivity index (χ0v) is 20.2. The smallest absolute Gasteiger partial charge is 0.407 e. The molecular weight excluding hydrogens is 454 g/mol. The summed E-state index contributed by atoms with van der Waals surface area (Å²) in [4.78, 5) is 35.6. The summed E-state index contributed by atoms with van der Waals surface area (Å²) in [6, 6.07) is 23.7. The van der Waals surface area contributed by atoms with Crippen LogP contribution in [0.4, 0.5) is 4.79 Å². The number of ether oxygens (including phenoxy) is 2. The number of hydrogen-bond acceptors (Lipinski definition) is 5. The number of fused-ring (bicyclic) bond motifs is 3. The van der Waals surface area contributed by atoms with E-state index in [2.05, 4.69) is 34.3 Å². The molecule has 1 N–H and O–H groups in total. The first-order chi connectivity index (χ1) is 17.6. The van der Waals surface area contributed by atoms with Crippen LogP contribution >= 0.6 is 0 Å². The Kier molecular flexibility index (Phi) is 8.29. The van der Waals surface area contributed by atoms with Crippen molar-refractivity contribution in [1.29, 1.82) is 0 Å². The third kappa shape index (κ3) is 6.08. The lowest BCUT2D eigenvalue weighted by Gasteiger charge is -2.14. The summed E-state index contributed by atoms with van der Waals surface area (Å²) in [5.41, 5.74) is 6.28. The fourth-order valence-electron chi connectivity index (χ4n) is 4.37. The van der Waals surface area contributed by atoms with Crippen molar-refractivity contribution in [2.24, 2.45) is 0 Å². The summed E-state index contributed by atoms with van der Waals surface area (Å²) in [6.07, 6.45) is 4.31. The van der Waals surface area contributed by atoms with Gasteiger partial charge in [0.1, 0.15) is 6.61 Å². The summed E-state index contributed by atoms with van der Waals surface area (Å²) in [5, 5.41) is 2.80. The van der Waals surface area contributed by atoms with Gasteiger partial charge in [-0.25, -0.2) is 4.79 Å². The molecule has 0 heterocycles. The van der Waals surface area contributed by atoms with E-state index in [4.69, 9.17) is 4.74 Å². The molecule has 1 aliphatic carbocycles. The van der Waals surface area contributed by atoms with Gasteiger partial charge in [-0.2, -0.15) is 0 Å². The fraction of sp³-hybridized carbons (Fsp3) is 0.233. The molecule has 6 heteroatoms. The Morgan fingerprint density at radius 3 is 2.14 bits per heavy atom. The summed E-state index contributed by atoms with van der Waals surface area (Å²) in [5.74, 6) is -0.448. The first-order valence-electron chi connectivity index (χ1n) is 12.0. The second kappa shape index (κ2) is 12.0. The van der Waals surface area contributed by atoms with Gasteiger partial charge in [-0.1, -0.05) is 84.9 Å². The summed E-state index contributed by atoms with van der Waals surface area (Å²) < 4.78 is 10.1. The number of carbonyl (C=O) groups is 3. The van der Waals surface area contributed by atoms with Gasteiger partial charge in [-0.15, -0.1) is 0 Å². The van der Waals surface area contributed by atoms with Gasteiger partial charge in [0.25, 0.3) is 0 Å². The highest BCUT2D eigenvalue weighted by Crippen LogP contribution is 2.44. The Morgan fingerprint density at radius 2 is 1.50 bits per heavy atom. The molecule has 4 rings (SSSR count). The zero-order valence-electron chi connectivity index (χ0n) is 20.2. The van der Waals surface area contributed by atoms with Gasteiger partial charge in [0.05, 0.1) is 13.5 Å². The normalized spacial score (nSPS) is 12.1. The Bertz CT molecular complexity index is 1220. The molecule has 0 radical (unpaired) electrons. The molecule has 0 unspecified atom stereocenters. The van der Waals surface area contributed by atoms with Crippen molar-refractivity contribution in [1.82, 2.24) is 5.32 Å². The first kappa shape index (κ1) is 24.9. The van der Waals surface area contributed by atoms with Crippen LogP contribution < -0.4 is 5.32 Å². The number of alkyl carbamates (subject to hydrolysis) is 1. The van der Waals surface area contributed by atoms with E-state index in [9.17, 15) is 14.4 Å². The van der Waals surface area contributed by atoms with Crippen LogP contribution in [0.1, 0.15) is 52.2 Å². The van der Waals surface area contributed by atoms with E-state index in [1.165, 1.54) is 29.4 Å². The number of ketones is 1. The van der Waals surface area contributed by atoms with Crippen LogP contribution in [0.25, 0.3) is 17.2 Å². The minimum Gasteiger partial charge on any atom is -0.469 e. The van der Waals surface area contributed by atoms with E-state index in [1.54, 1.807) is 12.1 Å². The number of esters is 1. The van der Waals surface area contributed by atoms with Crippen molar-refractivity contribution >= 4 is 23.9 Å². The molecule has 3 aromatic rings. The number of carbonyl (C=O) groups excluding carboxylic acids is 3. The average molecular weight is 484 g/mol. The third-order valence-corrected chi connectivity index (χ3v) is 6.25. The van der Waals surface area contributed by atoms with Crippen molar-refractivity contribution in [2.75, 3.05) is 20.3 Å². The molecule has 0 bridgehead atoms. The molecule has 0 atom stereocenters. The average Bonchev–Trinajstić information content (AvgIpc) is 3.24. The maximum Gasteiger partial charge on any atom is 0.407 e. The third-order valence-electron chi connectivity index (χ3n) is 6.25. The summed E-state index contributed by atoms with van der Waals surface area (Å²) in [6.45, 7) is 0.748. The lowest BCUT2D eigenvalue weighted by atomic mass is 9.98. The van der Waals surface area contributed by atoms with Gasteiger partial charge in [0, 0.05) is 24.4 Å². The van der Waals surface area contributed by atoms with Gasteiger partial charge in [-0.3, -0.25) is 9.59 Å². The summed E-state index contributed by atoms with van der Waals surface area (Å²) >= 11 is 0. The molecule has 0 saturated carbocycles. The van der Waals surface area contributed by atoms with Gasteiger partial charge in [0.15, 0.2) is 5.78 Å². The molecule has 36 heavy (non-hydrogen) atoms. The predicted molar refractivity (Wildman–Crippen MR) is 139 cm³/mol. The summed E-state index contributed by atoms with van der Waals surface area (Å²) in [7, 11) is 1.31. The predicted octanol–water partition coefficient (Wildman–Crippen LogP) is 5.76. The van der Waals surface area contributed by atoms with Crippen LogP contribution in [0.5, 0.6) is 0 Å². The topological polar surface area (TPSA) is 81.7 Å². The molecule has 0 fully saturated rings. The van der Waals surface area contributed by atoms with Crippen LogP contribution in [-0.2, 0) is 14.3 Å². The molecule has 6 nitrogen and oxygen atoms in total. The number of amides is 1. The molecule has 1 amide bonds. The zero-order chi connectivity index (χ0) is 25.3. The number of Topliss-reactive ketones (excluding diaryl/α,β-unsaturated/α-hetero) is 1. The Balaban J connectivity index is 1.19. The lowest BCUT2D eigenvalue weighted by Crippen LogP contribution is -2.26. The second-order valence-electron chi connectivity index (χ2n) is 8.56. The Morgan fingerprint density at radius 1 is 0.861 bits per heavy atom. The van der Waals surface area contributed by atoms with E-state index in [-0.39, 0.29) is 24.5 Å². The van der Waals surface area contributed by atoms with Crippen LogP contribution in [0.2, 0.25) is 0 Å². The number of hydrogen-bond donors (Lipinski definition) is 1. The maximum atomic E-state index is 12.3. The van der Waals surface area contributed by atoms with Crippen molar-refractivity contribution < 1.29 is 23.9 Å². The van der Waals surface area contributed by atoms with E-state index < -0.39 is 12.1 Å². The molecular formula is C30H29NO5. The van der Waals surface area contributed by atoms with Crippen molar-refractivity contribution in [3.63, 3.8) is 0 Å². The second-order valence-corrected chi connectivity index (χ2v) is 8.56. The monoisotopic (exact) mass is 483 g/mol. The van der Waals surface area contributed by atoms with E-state index in [0.29, 0.717) is 25.1 Å². The highest BCUT2D eigenvalue weighted by atomic mass is 16.5. The first-order valence-corrected chi connectivity index (χ1v) is 12.0. The maximum absolute atomic E-state index is 12.3. The molecule has 0 saturated heterocycles. The van der Waals surface area contributed by atoms with Crippen molar-refractivity contribution in [3.05, 3.63) is 101 Å². The lowest BCUT2D eigenvalue weighted by molar-refractivity contribution is -0.140. The van der Waals surface area contributed by atoms with E-state index in [1.807, 2.05) is 48.6 Å². The molecule has 0 aromatic heterocycles. The number of methoxy groups -OCH3 is 1. The minimum atomic E-state index is -0.430. The molecule has 0 spiro atoms. The van der Waals surface area contributed by atoms with Gasteiger partial charge in [-0.05, 0) is 34.2 Å². The Labute approximate surface area is 210 Å². The van der Waals surface area contributed by atoms with E-state index >= 15 is 0 Å². The number of nitrogens with one attached hydrogen (secondary N) is 1.